The minimum Gasteiger partial charge on any atom is -0.384 e. The van der Waals surface area contributed by atoms with Crippen LogP contribution in [0, 0.1) is 17.7 Å². The molecule has 3 nitrogen and oxygen atoms in total. The highest BCUT2D eigenvalue weighted by Crippen LogP contribution is 2.49. The van der Waals surface area contributed by atoms with Gasteiger partial charge in [0, 0.05) is 5.56 Å². The molecule has 0 saturated heterocycles. The number of hydrogen-bond acceptors (Lipinski definition) is 2. The third kappa shape index (κ3) is 3.16. The highest BCUT2D eigenvalue weighted by Gasteiger charge is 2.64. The molecule has 2 rings (SSSR count). The van der Waals surface area contributed by atoms with Gasteiger partial charge in [-0.1, -0.05) is 11.8 Å². The first-order valence-electron chi connectivity index (χ1n) is 6.07. The van der Waals surface area contributed by atoms with E-state index in [2.05, 4.69) is 11.8 Å². The maximum Gasteiger partial charge on any atom is 0.411 e. The lowest BCUT2D eigenvalue weighted by Crippen LogP contribution is -2.48. The largest absolute Gasteiger partial charge is 0.411 e. The van der Waals surface area contributed by atoms with Gasteiger partial charge in [0.2, 0.25) is 0 Å². The number of benzene rings is 1. The molecule has 1 aromatic rings. The summed E-state index contributed by atoms with van der Waals surface area (Å²) < 4.78 is 51.6. The van der Waals surface area contributed by atoms with Gasteiger partial charge < -0.3 is 10.4 Å². The Morgan fingerprint density at radius 2 is 2.05 bits per heavy atom. The van der Waals surface area contributed by atoms with Gasteiger partial charge in [-0.25, -0.2) is 4.39 Å². The van der Waals surface area contributed by atoms with Crippen LogP contribution in [0.1, 0.15) is 28.8 Å². The van der Waals surface area contributed by atoms with Crippen molar-refractivity contribution in [1.82, 2.24) is 5.32 Å². The molecule has 1 fully saturated rings. The Labute approximate surface area is 118 Å². The van der Waals surface area contributed by atoms with E-state index in [-0.39, 0.29) is 24.0 Å². The van der Waals surface area contributed by atoms with Gasteiger partial charge in [0.1, 0.15) is 18.0 Å². The fourth-order valence-electron chi connectivity index (χ4n) is 1.84. The summed E-state index contributed by atoms with van der Waals surface area (Å²) in [6.45, 7) is -0.481. The van der Waals surface area contributed by atoms with Crippen LogP contribution in [0.4, 0.5) is 17.6 Å². The van der Waals surface area contributed by atoms with Gasteiger partial charge in [-0.15, -0.1) is 0 Å². The van der Waals surface area contributed by atoms with Crippen LogP contribution in [0.25, 0.3) is 0 Å². The van der Waals surface area contributed by atoms with E-state index < -0.39 is 30.0 Å². The third-order valence-corrected chi connectivity index (χ3v) is 3.17. The number of carbonyl (C=O) groups is 1. The summed E-state index contributed by atoms with van der Waals surface area (Å²) >= 11 is 0. The van der Waals surface area contributed by atoms with Crippen LogP contribution in [-0.2, 0) is 0 Å². The first kappa shape index (κ1) is 15.3. The van der Waals surface area contributed by atoms with Crippen molar-refractivity contribution in [3.63, 3.8) is 0 Å². The molecule has 2 N–H and O–H groups in total. The summed E-state index contributed by atoms with van der Waals surface area (Å²) in [4.78, 5) is 12.0. The smallest absolute Gasteiger partial charge is 0.384 e. The summed E-state index contributed by atoms with van der Waals surface area (Å²) in [5.74, 6) is 2.88. The molecule has 0 heterocycles. The van der Waals surface area contributed by atoms with Crippen LogP contribution >= 0.6 is 0 Å². The predicted octanol–water partition coefficient (Wildman–Crippen LogP) is 1.99. The van der Waals surface area contributed by atoms with Crippen LogP contribution in [0.2, 0.25) is 0 Å². The predicted molar refractivity (Wildman–Crippen MR) is 65.9 cm³/mol. The first-order valence-corrected chi connectivity index (χ1v) is 6.07. The molecule has 7 heteroatoms. The zero-order valence-corrected chi connectivity index (χ0v) is 10.7. The molecular weight excluding hydrogens is 290 g/mol. The van der Waals surface area contributed by atoms with Crippen molar-refractivity contribution in [2.75, 3.05) is 6.61 Å². The summed E-state index contributed by atoms with van der Waals surface area (Å²) in [5.41, 5.74) is -2.45. The van der Waals surface area contributed by atoms with E-state index in [1.54, 1.807) is 0 Å². The van der Waals surface area contributed by atoms with E-state index in [9.17, 15) is 22.4 Å². The average Bonchev–Trinajstić information content (AvgIpc) is 3.17. The Morgan fingerprint density at radius 1 is 1.38 bits per heavy atom. The number of hydrogen-bond donors (Lipinski definition) is 2. The number of alkyl halides is 3. The Balaban J connectivity index is 2.29. The number of amides is 1. The van der Waals surface area contributed by atoms with Gasteiger partial charge in [0.15, 0.2) is 0 Å². The number of halogens is 4. The van der Waals surface area contributed by atoms with E-state index in [4.69, 9.17) is 5.11 Å². The van der Waals surface area contributed by atoms with Crippen LogP contribution in [0.15, 0.2) is 18.2 Å². The lowest BCUT2D eigenvalue weighted by Gasteiger charge is -2.21. The Hall–Kier alpha value is -2.07. The standard InChI is InChI=1S/C14H11F4NO2/c15-10-4-3-9(2-1-7-20)11(8-10)12(21)19-13(5-6-13)14(16,17)18/h3-4,8,20H,5-7H2,(H,19,21). The molecule has 0 atom stereocenters. The molecule has 0 radical (unpaired) electrons. The van der Waals surface area contributed by atoms with E-state index in [1.807, 2.05) is 5.32 Å². The average molecular weight is 301 g/mol. The fraction of sp³-hybridized carbons (Fsp3) is 0.357. The quantitative estimate of drug-likeness (QED) is 0.648. The first-order chi connectivity index (χ1) is 9.79. The molecule has 0 unspecified atom stereocenters. The molecule has 1 saturated carbocycles. The van der Waals surface area contributed by atoms with E-state index in [0.717, 1.165) is 12.1 Å². The second-order valence-electron chi connectivity index (χ2n) is 4.68. The van der Waals surface area contributed by atoms with Gasteiger partial charge in [0.05, 0.1) is 5.56 Å². The fourth-order valence-corrected chi connectivity index (χ4v) is 1.84. The van der Waals surface area contributed by atoms with Gasteiger partial charge >= 0.3 is 6.18 Å². The summed E-state index contributed by atoms with van der Waals surface area (Å²) in [6.07, 6.45) is -4.95. The number of aliphatic hydroxyl groups is 1. The molecule has 0 aromatic heterocycles. The normalized spacial score (nSPS) is 15.9. The van der Waals surface area contributed by atoms with Crippen LogP contribution in [0.5, 0.6) is 0 Å². The van der Waals surface area contributed by atoms with E-state index in [1.165, 1.54) is 6.07 Å². The SMILES string of the molecule is O=C(NC1(C(F)(F)F)CC1)c1cc(F)ccc1C#CCO. The van der Waals surface area contributed by atoms with Crippen molar-refractivity contribution in [2.24, 2.45) is 0 Å². The third-order valence-electron chi connectivity index (χ3n) is 3.17. The monoisotopic (exact) mass is 301 g/mol. The molecular formula is C14H11F4NO2. The highest BCUT2D eigenvalue weighted by molar-refractivity contribution is 5.97. The minimum absolute atomic E-state index is 0.0564. The number of rotatable bonds is 2. The maximum absolute atomic E-state index is 13.2. The topological polar surface area (TPSA) is 49.3 Å². The van der Waals surface area contributed by atoms with E-state index >= 15 is 0 Å². The summed E-state index contributed by atoms with van der Waals surface area (Å²) in [6, 6.07) is 3.04. The van der Waals surface area contributed by atoms with Crippen LogP contribution in [0.3, 0.4) is 0 Å². The molecule has 112 valence electrons. The second kappa shape index (κ2) is 5.37. The Morgan fingerprint density at radius 3 is 2.57 bits per heavy atom. The molecule has 1 aliphatic carbocycles. The minimum atomic E-state index is -4.55. The van der Waals surface area contributed by atoms with Crippen molar-refractivity contribution in [2.45, 2.75) is 24.6 Å². The number of aliphatic hydroxyl groups excluding tert-OH is 1. The van der Waals surface area contributed by atoms with Crippen molar-refractivity contribution < 1.29 is 27.5 Å². The zero-order valence-electron chi connectivity index (χ0n) is 10.7. The molecule has 1 amide bonds. The lowest BCUT2D eigenvalue weighted by atomic mass is 10.1. The molecule has 1 aliphatic rings. The number of carbonyl (C=O) groups excluding carboxylic acids is 1. The van der Waals surface area contributed by atoms with Gasteiger partial charge in [-0.2, -0.15) is 13.2 Å². The number of nitrogens with one attached hydrogen (secondary N) is 1. The molecule has 21 heavy (non-hydrogen) atoms. The van der Waals surface area contributed by atoms with Gasteiger partial charge in [-0.3, -0.25) is 4.79 Å². The van der Waals surface area contributed by atoms with Crippen molar-refractivity contribution in [1.29, 1.82) is 0 Å². The maximum atomic E-state index is 13.2. The van der Waals surface area contributed by atoms with Crippen molar-refractivity contribution in [3.05, 3.63) is 35.1 Å². The second-order valence-corrected chi connectivity index (χ2v) is 4.68. The van der Waals surface area contributed by atoms with Crippen molar-refractivity contribution >= 4 is 5.91 Å². The highest BCUT2D eigenvalue weighted by atomic mass is 19.4. The van der Waals surface area contributed by atoms with Gasteiger partial charge in [-0.05, 0) is 31.0 Å². The molecule has 0 bridgehead atoms. The van der Waals surface area contributed by atoms with Gasteiger partial charge in [0.25, 0.3) is 5.91 Å². The Bertz CT molecular complexity index is 624. The van der Waals surface area contributed by atoms with Crippen LogP contribution < -0.4 is 5.32 Å². The van der Waals surface area contributed by atoms with Crippen molar-refractivity contribution in [3.8, 4) is 11.8 Å². The lowest BCUT2D eigenvalue weighted by molar-refractivity contribution is -0.163. The zero-order chi connectivity index (χ0) is 15.7. The molecule has 0 spiro atoms. The van der Waals surface area contributed by atoms with Crippen LogP contribution in [-0.4, -0.2) is 29.3 Å². The molecule has 0 aliphatic heterocycles. The Kier molecular flexibility index (Phi) is 3.92. The summed E-state index contributed by atoms with van der Waals surface area (Å²) in [5, 5.41) is 10.5. The van der Waals surface area contributed by atoms with E-state index in [0.29, 0.717) is 0 Å². The summed E-state index contributed by atoms with van der Waals surface area (Å²) in [7, 11) is 0. The molecule has 1 aromatic carbocycles.